The first-order valence-electron chi connectivity index (χ1n) is 7.68. The van der Waals surface area contributed by atoms with Crippen molar-refractivity contribution in [1.29, 1.82) is 0 Å². The number of halogens is 5. The zero-order valence-corrected chi connectivity index (χ0v) is 17.2. The van der Waals surface area contributed by atoms with E-state index in [0.717, 1.165) is 19.2 Å². The van der Waals surface area contributed by atoms with Crippen molar-refractivity contribution in [3.05, 3.63) is 45.9 Å². The van der Waals surface area contributed by atoms with Gasteiger partial charge in [-0.2, -0.15) is 21.6 Å². The number of carbonyl (C=O) groups excluding carboxylic acids is 1. The molecule has 0 radical (unpaired) electrons. The molecule has 2 aromatic rings. The Hall–Kier alpha value is -2.17. The number of ketones is 1. The normalized spacial score (nSPS) is 11.8. The van der Waals surface area contributed by atoms with Crippen molar-refractivity contribution in [2.45, 2.75) is 18.9 Å². The van der Waals surface area contributed by atoms with Crippen molar-refractivity contribution in [2.24, 2.45) is 0 Å². The van der Waals surface area contributed by atoms with E-state index in [0.29, 0.717) is 5.56 Å². The highest BCUT2D eigenvalue weighted by atomic mass is 35.5. The zero-order valence-electron chi connectivity index (χ0n) is 14.8. The Labute approximate surface area is 174 Å². The van der Waals surface area contributed by atoms with Crippen molar-refractivity contribution in [1.82, 2.24) is 0 Å². The second-order valence-electron chi connectivity index (χ2n) is 5.67. The van der Waals surface area contributed by atoms with E-state index in [1.807, 2.05) is 0 Å². The first kappa shape index (κ1) is 23.1. The van der Waals surface area contributed by atoms with Crippen molar-refractivity contribution in [2.75, 3.05) is 7.11 Å². The van der Waals surface area contributed by atoms with E-state index < -0.39 is 21.4 Å². The summed E-state index contributed by atoms with van der Waals surface area (Å²) in [6.07, 6.45) is 0.0928. The van der Waals surface area contributed by atoms with E-state index in [1.165, 1.54) is 25.1 Å². The number of methoxy groups -OCH3 is 1. The summed E-state index contributed by atoms with van der Waals surface area (Å²) in [4.78, 5) is 11.2. The van der Waals surface area contributed by atoms with E-state index in [9.17, 15) is 26.4 Å². The third-order valence-corrected chi connectivity index (χ3v) is 4.88. The number of carbonyl (C=O) groups is 1. The van der Waals surface area contributed by atoms with Crippen LogP contribution in [0.25, 0.3) is 0 Å². The fourth-order valence-electron chi connectivity index (χ4n) is 2.17. The Morgan fingerprint density at radius 3 is 2.14 bits per heavy atom. The smallest absolute Gasteiger partial charge is 0.493 e. The van der Waals surface area contributed by atoms with Crippen LogP contribution in [0.3, 0.4) is 0 Å². The summed E-state index contributed by atoms with van der Waals surface area (Å²) in [6, 6.07) is 6.18. The summed E-state index contributed by atoms with van der Waals surface area (Å²) >= 11 is 12.2. The Bertz CT molecular complexity index is 1010. The van der Waals surface area contributed by atoms with Gasteiger partial charge in [0.25, 0.3) is 0 Å². The molecule has 0 aliphatic heterocycles. The second kappa shape index (κ2) is 8.68. The first-order valence-corrected chi connectivity index (χ1v) is 9.84. The van der Waals surface area contributed by atoms with Gasteiger partial charge >= 0.3 is 15.6 Å². The van der Waals surface area contributed by atoms with Gasteiger partial charge in [0.1, 0.15) is 11.5 Å². The second-order valence-corrected chi connectivity index (χ2v) is 8.02. The Morgan fingerprint density at radius 2 is 1.66 bits per heavy atom. The molecule has 29 heavy (non-hydrogen) atoms. The molecule has 0 aromatic heterocycles. The van der Waals surface area contributed by atoms with Crippen LogP contribution in [-0.2, 0) is 21.3 Å². The molecule has 0 N–H and O–H groups in total. The van der Waals surface area contributed by atoms with E-state index in [-0.39, 0.29) is 39.5 Å². The molecule has 158 valence electrons. The zero-order chi connectivity index (χ0) is 22.0. The lowest BCUT2D eigenvalue weighted by Crippen LogP contribution is -2.28. The van der Waals surface area contributed by atoms with Crippen LogP contribution in [0.4, 0.5) is 13.2 Å². The summed E-state index contributed by atoms with van der Waals surface area (Å²) in [7, 11) is -4.81. The lowest BCUT2D eigenvalue weighted by atomic mass is 10.1. The Morgan fingerprint density at radius 1 is 1.07 bits per heavy atom. The van der Waals surface area contributed by atoms with Crippen molar-refractivity contribution in [3.8, 4) is 23.0 Å². The molecule has 0 fully saturated rings. The topological polar surface area (TPSA) is 78.9 Å². The average Bonchev–Trinajstić information content (AvgIpc) is 2.56. The van der Waals surface area contributed by atoms with Crippen molar-refractivity contribution >= 4 is 39.1 Å². The third-order valence-electron chi connectivity index (χ3n) is 3.35. The van der Waals surface area contributed by atoms with Gasteiger partial charge in [-0.25, -0.2) is 0 Å². The molecule has 0 aliphatic rings. The van der Waals surface area contributed by atoms with Gasteiger partial charge in [-0.15, -0.1) is 0 Å². The van der Waals surface area contributed by atoms with E-state index in [4.69, 9.17) is 32.7 Å². The van der Waals surface area contributed by atoms with Gasteiger partial charge in [0.2, 0.25) is 0 Å². The molecule has 0 heterocycles. The molecule has 0 spiro atoms. The lowest BCUT2D eigenvalue weighted by molar-refractivity contribution is -0.116. The number of hydrogen-bond donors (Lipinski definition) is 0. The van der Waals surface area contributed by atoms with E-state index in [1.54, 1.807) is 0 Å². The predicted octanol–water partition coefficient (Wildman–Crippen LogP) is 5.15. The molecule has 0 atom stereocenters. The van der Waals surface area contributed by atoms with Gasteiger partial charge in [0.15, 0.2) is 17.2 Å². The molecular formula is C17H13Cl2F3O6S. The van der Waals surface area contributed by atoms with Gasteiger partial charge in [-0.1, -0.05) is 23.2 Å². The molecule has 0 aliphatic carbocycles. The highest BCUT2D eigenvalue weighted by Crippen LogP contribution is 2.41. The van der Waals surface area contributed by atoms with Crippen molar-refractivity contribution < 1.29 is 40.0 Å². The minimum absolute atomic E-state index is 0.0370. The molecule has 2 rings (SSSR count). The highest BCUT2D eigenvalue weighted by Gasteiger charge is 2.49. The summed E-state index contributed by atoms with van der Waals surface area (Å²) < 4.78 is 74.8. The van der Waals surface area contributed by atoms with Crippen LogP contribution in [-0.4, -0.2) is 26.8 Å². The maximum Gasteiger partial charge on any atom is 0.534 e. The predicted molar refractivity (Wildman–Crippen MR) is 99.5 cm³/mol. The van der Waals surface area contributed by atoms with Gasteiger partial charge in [0.05, 0.1) is 17.2 Å². The van der Waals surface area contributed by atoms with Crippen LogP contribution in [0.1, 0.15) is 12.5 Å². The maximum atomic E-state index is 12.6. The first-order chi connectivity index (χ1) is 13.3. The number of Topliss-reactive ketones (excluding diaryl/α,β-unsaturated/α-hetero) is 1. The van der Waals surface area contributed by atoms with Crippen LogP contribution in [0, 0.1) is 0 Å². The van der Waals surface area contributed by atoms with Crippen LogP contribution in [0.2, 0.25) is 10.0 Å². The Kier molecular flexibility index (Phi) is 6.92. The third kappa shape index (κ3) is 5.68. The average molecular weight is 473 g/mol. The molecule has 6 nitrogen and oxygen atoms in total. The molecule has 2 aromatic carbocycles. The van der Waals surface area contributed by atoms with Gasteiger partial charge in [-0.3, -0.25) is 4.79 Å². The number of rotatable bonds is 7. The van der Waals surface area contributed by atoms with Crippen LogP contribution >= 0.6 is 23.2 Å². The molecule has 0 amide bonds. The summed E-state index contributed by atoms with van der Waals surface area (Å²) in [5.74, 6) is -1.31. The SMILES string of the molecule is COc1ccc(Oc2c(Cl)cc(CC(C)=O)cc2Cl)cc1OS(=O)(=O)C(F)(F)F. The van der Waals surface area contributed by atoms with Gasteiger partial charge < -0.3 is 13.7 Å². The van der Waals surface area contributed by atoms with Gasteiger partial charge in [-0.05, 0) is 36.8 Å². The molecule has 0 saturated carbocycles. The van der Waals surface area contributed by atoms with E-state index >= 15 is 0 Å². The van der Waals surface area contributed by atoms with Crippen LogP contribution < -0.4 is 13.7 Å². The molecular weight excluding hydrogens is 460 g/mol. The Balaban J connectivity index is 2.39. The fourth-order valence-corrected chi connectivity index (χ4v) is 3.24. The number of benzene rings is 2. The van der Waals surface area contributed by atoms with E-state index in [2.05, 4.69) is 4.18 Å². The number of alkyl halides is 3. The number of hydrogen-bond acceptors (Lipinski definition) is 6. The summed E-state index contributed by atoms with van der Waals surface area (Å²) in [5.41, 5.74) is -5.09. The number of ether oxygens (including phenoxy) is 2. The maximum absolute atomic E-state index is 12.6. The molecule has 12 heteroatoms. The minimum atomic E-state index is -5.93. The molecule has 0 saturated heterocycles. The summed E-state index contributed by atoms with van der Waals surface area (Å²) in [6.45, 7) is 1.39. The van der Waals surface area contributed by atoms with Crippen molar-refractivity contribution in [3.63, 3.8) is 0 Å². The van der Waals surface area contributed by atoms with Crippen LogP contribution in [0.5, 0.6) is 23.0 Å². The fraction of sp³-hybridized carbons (Fsp3) is 0.235. The lowest BCUT2D eigenvalue weighted by Gasteiger charge is -2.15. The quantitative estimate of drug-likeness (QED) is 0.409. The standard InChI is InChI=1S/C17H13Cl2F3O6S/c1-9(23)5-10-6-12(18)16(13(19)7-10)27-11-3-4-14(26-2)15(8-11)28-29(24,25)17(20,21)22/h3-4,6-8H,5H2,1-2H3. The van der Waals surface area contributed by atoms with Crippen LogP contribution in [0.15, 0.2) is 30.3 Å². The monoisotopic (exact) mass is 472 g/mol. The molecule has 0 bridgehead atoms. The minimum Gasteiger partial charge on any atom is -0.493 e. The molecule has 0 unspecified atom stereocenters. The largest absolute Gasteiger partial charge is 0.534 e. The highest BCUT2D eigenvalue weighted by molar-refractivity contribution is 7.88. The summed E-state index contributed by atoms with van der Waals surface area (Å²) in [5, 5.41) is 0.0740. The van der Waals surface area contributed by atoms with Gasteiger partial charge in [0, 0.05) is 12.5 Å².